The van der Waals surface area contributed by atoms with Crippen LogP contribution in [0.3, 0.4) is 0 Å². The second kappa shape index (κ2) is 6.22. The smallest absolute Gasteiger partial charge is 0.224 e. The highest BCUT2D eigenvalue weighted by molar-refractivity contribution is 5.84. The third-order valence-corrected chi connectivity index (χ3v) is 4.15. The number of likely N-dealkylation sites (tertiary alicyclic amines) is 1. The van der Waals surface area contributed by atoms with Gasteiger partial charge in [0.2, 0.25) is 5.91 Å². The van der Waals surface area contributed by atoms with Crippen LogP contribution in [0.15, 0.2) is 36.7 Å². The summed E-state index contributed by atoms with van der Waals surface area (Å²) >= 11 is 0. The van der Waals surface area contributed by atoms with E-state index in [1.807, 2.05) is 18.3 Å². The molecule has 0 saturated carbocycles. The van der Waals surface area contributed by atoms with Gasteiger partial charge in [0, 0.05) is 23.8 Å². The largest absolute Gasteiger partial charge is 0.353 e. The highest BCUT2D eigenvalue weighted by Gasteiger charge is 2.18. The van der Waals surface area contributed by atoms with Gasteiger partial charge in [-0.2, -0.15) is 0 Å². The maximum absolute atomic E-state index is 12.2. The van der Waals surface area contributed by atoms with Crippen LogP contribution in [0.5, 0.6) is 0 Å². The molecule has 1 saturated heterocycles. The predicted molar refractivity (Wildman–Crippen MR) is 84.1 cm³/mol. The molecular formula is C17H21N3O. The summed E-state index contributed by atoms with van der Waals surface area (Å²) in [4.78, 5) is 18.6. The zero-order valence-electron chi connectivity index (χ0n) is 12.4. The van der Waals surface area contributed by atoms with Crippen LogP contribution >= 0.6 is 0 Å². The number of pyridine rings is 1. The van der Waals surface area contributed by atoms with E-state index in [-0.39, 0.29) is 5.91 Å². The van der Waals surface area contributed by atoms with Gasteiger partial charge in [-0.05, 0) is 56.1 Å². The lowest BCUT2D eigenvalue weighted by Gasteiger charge is -2.29. The highest BCUT2D eigenvalue weighted by Crippen LogP contribution is 2.15. The van der Waals surface area contributed by atoms with Crippen molar-refractivity contribution in [3.8, 4) is 0 Å². The Kier molecular flexibility index (Phi) is 4.15. The van der Waals surface area contributed by atoms with E-state index in [1.165, 1.54) is 0 Å². The minimum Gasteiger partial charge on any atom is -0.353 e. The lowest BCUT2D eigenvalue weighted by molar-refractivity contribution is -0.121. The van der Waals surface area contributed by atoms with Crippen LogP contribution < -0.4 is 5.32 Å². The molecule has 0 bridgehead atoms. The quantitative estimate of drug-likeness (QED) is 0.937. The van der Waals surface area contributed by atoms with Gasteiger partial charge in [-0.15, -0.1) is 0 Å². The fraction of sp³-hybridized carbons (Fsp3) is 0.412. The number of carbonyl (C=O) groups excluding carboxylic acids is 1. The van der Waals surface area contributed by atoms with E-state index < -0.39 is 0 Å². The van der Waals surface area contributed by atoms with Gasteiger partial charge in [0.1, 0.15) is 0 Å². The summed E-state index contributed by atoms with van der Waals surface area (Å²) in [5.74, 6) is 0.118. The maximum Gasteiger partial charge on any atom is 0.224 e. The lowest BCUT2D eigenvalue weighted by atomic mass is 10.0. The summed E-state index contributed by atoms with van der Waals surface area (Å²) in [5.41, 5.74) is 1.04. The van der Waals surface area contributed by atoms with Gasteiger partial charge in [0.25, 0.3) is 0 Å². The van der Waals surface area contributed by atoms with Crippen molar-refractivity contribution in [1.82, 2.24) is 15.2 Å². The first-order chi connectivity index (χ1) is 10.2. The molecule has 0 radical (unpaired) electrons. The molecule has 1 N–H and O–H groups in total. The molecule has 1 aliphatic rings. The molecule has 1 fully saturated rings. The van der Waals surface area contributed by atoms with Gasteiger partial charge in [-0.25, -0.2) is 0 Å². The number of aromatic nitrogens is 1. The number of hydrogen-bond donors (Lipinski definition) is 1. The Balaban J connectivity index is 1.60. The Morgan fingerprint density at radius 2 is 2.10 bits per heavy atom. The van der Waals surface area contributed by atoms with Crippen molar-refractivity contribution < 1.29 is 4.79 Å². The van der Waals surface area contributed by atoms with E-state index >= 15 is 0 Å². The van der Waals surface area contributed by atoms with Crippen molar-refractivity contribution in [2.24, 2.45) is 0 Å². The van der Waals surface area contributed by atoms with E-state index in [2.05, 4.69) is 34.4 Å². The van der Waals surface area contributed by atoms with Crippen LogP contribution in [0.1, 0.15) is 18.4 Å². The molecule has 21 heavy (non-hydrogen) atoms. The summed E-state index contributed by atoms with van der Waals surface area (Å²) in [6.07, 6.45) is 6.16. The zero-order chi connectivity index (χ0) is 14.7. The van der Waals surface area contributed by atoms with E-state index in [9.17, 15) is 4.79 Å². The number of rotatable bonds is 3. The monoisotopic (exact) mass is 283 g/mol. The van der Waals surface area contributed by atoms with Crippen LogP contribution in [0.2, 0.25) is 0 Å². The Morgan fingerprint density at radius 3 is 2.90 bits per heavy atom. The van der Waals surface area contributed by atoms with Crippen molar-refractivity contribution >= 4 is 16.7 Å². The van der Waals surface area contributed by atoms with Crippen LogP contribution in [-0.2, 0) is 11.2 Å². The molecule has 0 unspecified atom stereocenters. The Labute approximate surface area is 125 Å². The first kappa shape index (κ1) is 14.0. The Morgan fingerprint density at radius 1 is 1.29 bits per heavy atom. The number of benzene rings is 1. The molecule has 3 rings (SSSR count). The summed E-state index contributed by atoms with van der Waals surface area (Å²) in [5, 5.41) is 5.40. The fourth-order valence-corrected chi connectivity index (χ4v) is 2.86. The van der Waals surface area contributed by atoms with E-state index in [1.54, 1.807) is 6.20 Å². The molecule has 2 heterocycles. The van der Waals surface area contributed by atoms with Crippen molar-refractivity contribution in [3.63, 3.8) is 0 Å². The molecule has 1 aliphatic heterocycles. The molecule has 1 aromatic heterocycles. The summed E-state index contributed by atoms with van der Waals surface area (Å²) in [7, 11) is 2.13. The number of fused-ring (bicyclic) bond motifs is 1. The molecular weight excluding hydrogens is 262 g/mol. The molecule has 4 nitrogen and oxygen atoms in total. The normalized spacial score (nSPS) is 17.0. The topological polar surface area (TPSA) is 45.2 Å². The summed E-state index contributed by atoms with van der Waals surface area (Å²) in [6.45, 7) is 2.12. The minimum atomic E-state index is 0.118. The van der Waals surface area contributed by atoms with Gasteiger partial charge >= 0.3 is 0 Å². The average molecular weight is 283 g/mol. The van der Waals surface area contributed by atoms with Gasteiger partial charge in [-0.1, -0.05) is 12.1 Å². The second-order valence-corrected chi connectivity index (χ2v) is 5.88. The SMILES string of the molecule is CN1CCC(NC(=O)Cc2ccc3ccncc3c2)CC1. The fourth-order valence-electron chi connectivity index (χ4n) is 2.86. The zero-order valence-corrected chi connectivity index (χ0v) is 12.4. The van der Waals surface area contributed by atoms with E-state index in [4.69, 9.17) is 0 Å². The highest BCUT2D eigenvalue weighted by atomic mass is 16.1. The molecule has 1 amide bonds. The van der Waals surface area contributed by atoms with Crippen LogP contribution in [-0.4, -0.2) is 42.0 Å². The molecule has 0 aliphatic carbocycles. The third kappa shape index (κ3) is 3.58. The Bertz CT molecular complexity index is 633. The number of carbonyl (C=O) groups is 1. The van der Waals surface area contributed by atoms with Gasteiger partial charge < -0.3 is 10.2 Å². The number of hydrogen-bond acceptors (Lipinski definition) is 3. The number of nitrogens with zero attached hydrogens (tertiary/aromatic N) is 2. The van der Waals surface area contributed by atoms with Crippen molar-refractivity contribution in [1.29, 1.82) is 0 Å². The standard InChI is InChI=1S/C17H21N3O/c1-20-8-5-16(6-9-20)19-17(21)11-13-2-3-14-4-7-18-12-15(14)10-13/h2-4,7,10,12,16H,5-6,8-9,11H2,1H3,(H,19,21). The Hall–Kier alpha value is -1.94. The van der Waals surface area contributed by atoms with Crippen molar-refractivity contribution in [2.75, 3.05) is 20.1 Å². The lowest BCUT2D eigenvalue weighted by Crippen LogP contribution is -2.43. The summed E-state index contributed by atoms with van der Waals surface area (Å²) in [6, 6.07) is 8.44. The van der Waals surface area contributed by atoms with Crippen LogP contribution in [0, 0.1) is 0 Å². The third-order valence-electron chi connectivity index (χ3n) is 4.15. The predicted octanol–water partition coefficient (Wildman–Crippen LogP) is 1.99. The first-order valence-corrected chi connectivity index (χ1v) is 7.51. The maximum atomic E-state index is 12.2. The van der Waals surface area contributed by atoms with E-state index in [0.717, 1.165) is 42.3 Å². The molecule has 4 heteroatoms. The molecule has 2 aromatic rings. The van der Waals surface area contributed by atoms with Gasteiger partial charge in [0.05, 0.1) is 6.42 Å². The van der Waals surface area contributed by atoms with E-state index in [0.29, 0.717) is 12.5 Å². The van der Waals surface area contributed by atoms with Crippen LogP contribution in [0.25, 0.3) is 10.8 Å². The number of amides is 1. The minimum absolute atomic E-state index is 0.118. The van der Waals surface area contributed by atoms with Crippen molar-refractivity contribution in [2.45, 2.75) is 25.3 Å². The molecule has 0 spiro atoms. The van der Waals surface area contributed by atoms with Crippen molar-refractivity contribution in [3.05, 3.63) is 42.2 Å². The van der Waals surface area contributed by atoms with Crippen LogP contribution in [0.4, 0.5) is 0 Å². The second-order valence-electron chi connectivity index (χ2n) is 5.88. The molecule has 0 atom stereocenters. The molecule has 110 valence electrons. The number of piperidine rings is 1. The van der Waals surface area contributed by atoms with Gasteiger partial charge in [0.15, 0.2) is 0 Å². The number of nitrogens with one attached hydrogen (secondary N) is 1. The average Bonchev–Trinajstić information content (AvgIpc) is 2.49. The first-order valence-electron chi connectivity index (χ1n) is 7.51. The van der Waals surface area contributed by atoms with Gasteiger partial charge in [-0.3, -0.25) is 9.78 Å². The summed E-state index contributed by atoms with van der Waals surface area (Å²) < 4.78 is 0. The molecule has 1 aromatic carbocycles.